The largest absolute Gasteiger partial charge is 0.184 e. The minimum absolute atomic E-state index is 0.795. The van der Waals surface area contributed by atoms with Gasteiger partial charge in [-0.1, -0.05) is 160 Å². The van der Waals surface area contributed by atoms with Crippen molar-refractivity contribution < 1.29 is 20.8 Å². The molecule has 60 heavy (non-hydrogen) atoms. The number of hydrogen-bond donors (Lipinski definition) is 0. The minimum Gasteiger partial charge on any atom is -0.184 e. The van der Waals surface area contributed by atoms with Gasteiger partial charge >= 0.3 is 37.9 Å². The molecule has 0 amide bonds. The Kier molecular flexibility index (Phi) is 18.3. The van der Waals surface area contributed by atoms with E-state index >= 15 is 0 Å². The Hall–Kier alpha value is -3.78. The van der Waals surface area contributed by atoms with Crippen LogP contribution < -0.4 is 10.4 Å². The van der Waals surface area contributed by atoms with Gasteiger partial charge < -0.3 is 0 Å². The third-order valence-corrected chi connectivity index (χ3v) is 12.6. The van der Waals surface area contributed by atoms with E-state index < -0.39 is 20.8 Å². The van der Waals surface area contributed by atoms with Crippen molar-refractivity contribution in [1.29, 1.82) is 0 Å². The monoisotopic (exact) mass is 917 g/mol. The van der Waals surface area contributed by atoms with Gasteiger partial charge in [0.25, 0.3) is 0 Å². The first-order valence-electron chi connectivity index (χ1n) is 21.9. The van der Waals surface area contributed by atoms with E-state index in [4.69, 9.17) is 17.0 Å². The topological polar surface area (TPSA) is 0 Å². The molecule has 2 radical (unpaired) electrons. The van der Waals surface area contributed by atoms with E-state index in [2.05, 4.69) is 179 Å². The number of benzene rings is 6. The van der Waals surface area contributed by atoms with Gasteiger partial charge in [-0.25, -0.2) is 0 Å². The molecule has 0 nitrogen and oxygen atoms in total. The van der Waals surface area contributed by atoms with E-state index in [9.17, 15) is 0 Å². The molecule has 0 spiro atoms. The Labute approximate surface area is 381 Å². The molecule has 0 atom stereocenters. The molecule has 0 aromatic heterocycles. The molecule has 0 N–H and O–H groups in total. The van der Waals surface area contributed by atoms with Crippen LogP contribution in [0, 0.1) is 6.07 Å². The van der Waals surface area contributed by atoms with Crippen LogP contribution in [0.1, 0.15) is 88.5 Å². The molecule has 8 aromatic rings. The Morgan fingerprint density at radius 3 is 1.43 bits per heavy atom. The first-order valence-corrected chi connectivity index (χ1v) is 29.2. The number of hydrogen-bond acceptors (Lipinski definition) is 0. The fourth-order valence-electron chi connectivity index (χ4n) is 8.39. The summed E-state index contributed by atoms with van der Waals surface area (Å²) in [5, 5.41) is 8.41. The average Bonchev–Trinajstić information content (AvgIpc) is 4.01. The van der Waals surface area contributed by atoms with Crippen LogP contribution in [0.2, 0.25) is 0 Å². The molecule has 0 fully saturated rings. The number of aryl methyl sites for hydroxylation is 4. The van der Waals surface area contributed by atoms with Crippen molar-refractivity contribution in [3.8, 4) is 33.4 Å². The van der Waals surface area contributed by atoms with E-state index in [-0.39, 0.29) is 0 Å². The zero-order valence-electron chi connectivity index (χ0n) is 35.8. The zero-order valence-corrected chi connectivity index (χ0v) is 40.7. The minimum atomic E-state index is -0.826. The summed E-state index contributed by atoms with van der Waals surface area (Å²) in [5.74, 6) is 0. The standard InChI is InChI=1S/2C22H25.C12H7Si.2ClH.Zr/c2*1-3-5-10-18-11-6-7-13-20(18)21-14-8-12-19-15-17(9-4-2)16-22(19)21;1-3-7-11-9(5-1)10-6-2-4-8-12(10)13-11;;;/h2*6-8,11-16H,3-5,9-10H2,1-2H3;1-7H;2*1H;/q3*-1;;;+2/p-2. The van der Waals surface area contributed by atoms with Gasteiger partial charge in [-0.3, -0.25) is 0 Å². The van der Waals surface area contributed by atoms with Crippen LogP contribution in [-0.4, -0.2) is 9.52 Å². The number of fused-ring (bicyclic) bond motifs is 5. The maximum Gasteiger partial charge on any atom is 0.0920 e. The number of halogens is 2. The first kappa shape index (κ1) is 45.7. The fraction of sp³-hybridized carbons (Fsp3) is 0.250. The van der Waals surface area contributed by atoms with Crippen molar-refractivity contribution in [2.24, 2.45) is 0 Å². The van der Waals surface area contributed by atoms with Crippen molar-refractivity contribution in [2.75, 3.05) is 0 Å². The molecule has 1 heterocycles. The van der Waals surface area contributed by atoms with Crippen molar-refractivity contribution in [2.45, 2.75) is 91.9 Å². The van der Waals surface area contributed by atoms with Crippen LogP contribution >= 0.6 is 17.0 Å². The van der Waals surface area contributed by atoms with Gasteiger partial charge in [0.15, 0.2) is 0 Å². The molecule has 0 saturated carbocycles. The summed E-state index contributed by atoms with van der Waals surface area (Å²) in [6, 6.07) is 58.9. The van der Waals surface area contributed by atoms with Gasteiger partial charge in [-0.05, 0) is 60.8 Å². The number of rotatable bonds is 12. The Balaban J connectivity index is 0.000000150. The Morgan fingerprint density at radius 2 is 0.933 bits per heavy atom. The van der Waals surface area contributed by atoms with E-state index in [1.807, 2.05) is 6.07 Å². The molecule has 0 saturated heterocycles. The predicted molar refractivity (Wildman–Crippen MR) is 263 cm³/mol. The second-order valence-corrected chi connectivity index (χ2v) is 20.6. The van der Waals surface area contributed by atoms with Gasteiger partial charge in [0.05, 0.1) is 9.52 Å². The fourth-order valence-corrected chi connectivity index (χ4v) is 9.70. The van der Waals surface area contributed by atoms with Crippen molar-refractivity contribution in [3.05, 3.63) is 180 Å². The smallest absolute Gasteiger partial charge is 0.0920 e. The molecule has 9 rings (SSSR count). The van der Waals surface area contributed by atoms with E-state index in [0.717, 1.165) is 9.52 Å². The van der Waals surface area contributed by atoms with E-state index in [0.29, 0.717) is 0 Å². The summed E-state index contributed by atoms with van der Waals surface area (Å²) in [7, 11) is 10.7. The normalized spacial score (nSPS) is 11.1. The van der Waals surface area contributed by atoms with Gasteiger partial charge in [-0.15, -0.1) is 74.6 Å². The Morgan fingerprint density at radius 1 is 0.483 bits per heavy atom. The summed E-state index contributed by atoms with van der Waals surface area (Å²) in [6.45, 7) is 9.02. The van der Waals surface area contributed by atoms with Crippen molar-refractivity contribution >= 4 is 58.5 Å². The quantitative estimate of drug-likeness (QED) is 0.0846. The average molecular weight is 920 g/mol. The summed E-state index contributed by atoms with van der Waals surface area (Å²) in [4.78, 5) is 0. The molecule has 4 heteroatoms. The molecule has 306 valence electrons. The molecular weight excluding hydrogens is 863 g/mol. The number of unbranched alkanes of at least 4 members (excludes halogenated alkanes) is 2. The first-order chi connectivity index (χ1) is 29.5. The maximum atomic E-state index is 4.93. The Bertz CT molecular complexity index is 2370. The van der Waals surface area contributed by atoms with Crippen LogP contribution in [0.4, 0.5) is 0 Å². The molecular formula is C56H57Cl2SiZr-3. The van der Waals surface area contributed by atoms with Crippen LogP contribution in [0.5, 0.6) is 0 Å². The van der Waals surface area contributed by atoms with E-state index in [1.165, 1.54) is 152 Å². The molecule has 1 aliphatic heterocycles. The van der Waals surface area contributed by atoms with Gasteiger partial charge in [-0.2, -0.15) is 41.6 Å². The van der Waals surface area contributed by atoms with Crippen LogP contribution in [0.15, 0.2) is 152 Å². The molecule has 0 bridgehead atoms. The summed E-state index contributed by atoms with van der Waals surface area (Å²) in [6.07, 6.45) is 12.1. The van der Waals surface area contributed by atoms with Gasteiger partial charge in [0.2, 0.25) is 0 Å². The second kappa shape index (κ2) is 24.0. The van der Waals surface area contributed by atoms with Crippen molar-refractivity contribution in [3.63, 3.8) is 0 Å². The molecule has 0 unspecified atom stereocenters. The van der Waals surface area contributed by atoms with Crippen LogP contribution in [-0.2, 0) is 46.5 Å². The van der Waals surface area contributed by atoms with E-state index in [1.54, 1.807) is 0 Å². The van der Waals surface area contributed by atoms with Gasteiger partial charge in [0, 0.05) is 0 Å². The van der Waals surface area contributed by atoms with Crippen LogP contribution in [0.3, 0.4) is 0 Å². The SMILES string of the molecule is CCCCc1ccccc1-c1cccc2[cH-]c(CCC)cc12.CCCCc1ccccc1-c1cccc2[cH-]c(CCC)cc12.[Cl][Zr][Cl].[c-]1cccc2c1[Si]c1ccccc1-2. The van der Waals surface area contributed by atoms with Crippen molar-refractivity contribution in [1.82, 2.24) is 0 Å². The van der Waals surface area contributed by atoms with Gasteiger partial charge in [0.1, 0.15) is 0 Å². The van der Waals surface area contributed by atoms with Crippen LogP contribution in [0.25, 0.3) is 54.9 Å². The molecule has 8 aromatic carbocycles. The third kappa shape index (κ3) is 11.8. The summed E-state index contributed by atoms with van der Waals surface area (Å²) in [5.41, 5.74) is 14.3. The summed E-state index contributed by atoms with van der Waals surface area (Å²) >= 11 is -0.826. The predicted octanol–water partition coefficient (Wildman–Crippen LogP) is 15.5. The zero-order chi connectivity index (χ0) is 42.1. The summed E-state index contributed by atoms with van der Waals surface area (Å²) < 4.78 is 0. The molecule has 1 aliphatic rings. The third-order valence-electron chi connectivity index (χ3n) is 11.2. The molecule has 0 aliphatic carbocycles. The maximum absolute atomic E-state index is 4.93. The second-order valence-electron chi connectivity index (χ2n) is 15.6.